The lowest BCUT2D eigenvalue weighted by molar-refractivity contribution is -0.143. The molecule has 0 saturated carbocycles. The first kappa shape index (κ1) is 19.9. The van der Waals surface area contributed by atoms with Gasteiger partial charge in [-0.05, 0) is 18.8 Å². The molecule has 0 aliphatic heterocycles. The normalized spacial score (nSPS) is 14.0. The Morgan fingerprint density at radius 1 is 1.05 bits per heavy atom. The molecule has 3 N–H and O–H groups in total. The number of nitrogens with one attached hydrogen (secondary N) is 1. The predicted octanol–water partition coefficient (Wildman–Crippen LogP) is 2.71. The molecule has 0 radical (unpaired) electrons. The second kappa shape index (κ2) is 11.5. The van der Waals surface area contributed by atoms with Crippen LogP contribution in [0.4, 0.5) is 0 Å². The van der Waals surface area contributed by atoms with E-state index >= 15 is 0 Å². The molecule has 0 aromatic carbocycles. The molecular weight excluding hydrogens is 270 g/mol. The van der Waals surface area contributed by atoms with Crippen molar-refractivity contribution in [3.63, 3.8) is 0 Å². The van der Waals surface area contributed by atoms with E-state index in [0.29, 0.717) is 12.8 Å². The number of hydrogen-bond acceptors (Lipinski definition) is 3. The van der Waals surface area contributed by atoms with E-state index in [1.165, 1.54) is 19.3 Å². The monoisotopic (exact) mass is 301 g/mol. The first-order chi connectivity index (χ1) is 9.88. The highest BCUT2D eigenvalue weighted by Crippen LogP contribution is 2.10. The Morgan fingerprint density at radius 2 is 1.62 bits per heavy atom. The molecule has 0 saturated heterocycles. The Kier molecular flexibility index (Phi) is 10.9. The van der Waals surface area contributed by atoms with E-state index in [0.717, 1.165) is 19.3 Å². The Labute approximate surface area is 128 Å². The third kappa shape index (κ3) is 10.3. The molecule has 0 fully saturated rings. The van der Waals surface area contributed by atoms with E-state index in [1.54, 1.807) is 0 Å². The van der Waals surface area contributed by atoms with Gasteiger partial charge in [0.25, 0.3) is 0 Å². The number of carbonyl (C=O) groups excluding carboxylic acids is 1. The lowest BCUT2D eigenvalue weighted by atomic mass is 10.0. The van der Waals surface area contributed by atoms with E-state index in [9.17, 15) is 14.7 Å². The van der Waals surface area contributed by atoms with Crippen molar-refractivity contribution < 1.29 is 19.8 Å². The molecule has 0 aliphatic rings. The summed E-state index contributed by atoms with van der Waals surface area (Å²) in [5.41, 5.74) is 0. The fourth-order valence-corrected chi connectivity index (χ4v) is 2.21. The summed E-state index contributed by atoms with van der Waals surface area (Å²) in [4.78, 5) is 22.9. The van der Waals surface area contributed by atoms with Gasteiger partial charge >= 0.3 is 5.97 Å². The summed E-state index contributed by atoms with van der Waals surface area (Å²) >= 11 is 0. The average Bonchev–Trinajstić information content (AvgIpc) is 2.39. The molecule has 0 aromatic heterocycles. The second-order valence-corrected chi connectivity index (χ2v) is 6.10. The van der Waals surface area contributed by atoms with Crippen LogP contribution in [0.2, 0.25) is 0 Å². The van der Waals surface area contributed by atoms with E-state index in [-0.39, 0.29) is 5.92 Å². The maximum Gasteiger partial charge on any atom is 0.326 e. The summed E-state index contributed by atoms with van der Waals surface area (Å²) in [5.74, 6) is -1.43. The van der Waals surface area contributed by atoms with E-state index in [4.69, 9.17) is 5.11 Å². The van der Waals surface area contributed by atoms with Crippen molar-refractivity contribution in [1.82, 2.24) is 5.32 Å². The maximum absolute atomic E-state index is 11.7. The highest BCUT2D eigenvalue weighted by atomic mass is 16.4. The Bertz CT molecular complexity index is 305. The van der Waals surface area contributed by atoms with Crippen LogP contribution >= 0.6 is 0 Å². The van der Waals surface area contributed by atoms with Gasteiger partial charge in [0.2, 0.25) is 5.91 Å². The lowest BCUT2D eigenvalue weighted by Crippen LogP contribution is -2.45. The third-order valence-electron chi connectivity index (χ3n) is 3.46. The molecule has 21 heavy (non-hydrogen) atoms. The van der Waals surface area contributed by atoms with Crippen LogP contribution < -0.4 is 5.32 Å². The minimum absolute atomic E-state index is 0.188. The number of unbranched alkanes of at least 4 members (excludes halogenated alkanes) is 5. The van der Waals surface area contributed by atoms with Crippen molar-refractivity contribution in [3.8, 4) is 0 Å². The molecule has 0 unspecified atom stereocenters. The van der Waals surface area contributed by atoms with Crippen LogP contribution in [-0.4, -0.2) is 34.2 Å². The smallest absolute Gasteiger partial charge is 0.326 e. The van der Waals surface area contributed by atoms with Gasteiger partial charge in [-0.1, -0.05) is 59.3 Å². The lowest BCUT2D eigenvalue weighted by Gasteiger charge is -2.18. The maximum atomic E-state index is 11.7. The Morgan fingerprint density at radius 3 is 2.14 bits per heavy atom. The van der Waals surface area contributed by atoms with E-state index in [2.05, 4.69) is 12.2 Å². The van der Waals surface area contributed by atoms with Gasteiger partial charge in [-0.25, -0.2) is 4.79 Å². The van der Waals surface area contributed by atoms with Gasteiger partial charge in [0.1, 0.15) is 12.1 Å². The molecule has 5 heteroatoms. The number of aliphatic hydroxyl groups excluding tert-OH is 1. The highest BCUT2D eigenvalue weighted by Gasteiger charge is 2.23. The summed E-state index contributed by atoms with van der Waals surface area (Å²) in [7, 11) is 0. The molecule has 5 nitrogen and oxygen atoms in total. The van der Waals surface area contributed by atoms with Crippen molar-refractivity contribution in [2.24, 2.45) is 5.92 Å². The number of rotatable bonds is 12. The molecule has 0 heterocycles. The number of amides is 1. The van der Waals surface area contributed by atoms with Crippen molar-refractivity contribution in [3.05, 3.63) is 0 Å². The van der Waals surface area contributed by atoms with Gasteiger partial charge in [-0.3, -0.25) is 4.79 Å². The fourth-order valence-electron chi connectivity index (χ4n) is 2.21. The summed E-state index contributed by atoms with van der Waals surface area (Å²) in [6.07, 6.45) is 6.06. The standard InChI is InChI=1S/C16H31NO4/c1-4-5-6-7-8-9-10-13(16(20)21)17-15(19)14(18)11-12(2)3/h12-14,18H,4-11H2,1-3H3,(H,17,19)(H,20,21)/t13-,14-/m0/s1. The summed E-state index contributed by atoms with van der Waals surface area (Å²) in [6.45, 7) is 5.96. The largest absolute Gasteiger partial charge is 0.480 e. The SMILES string of the molecule is CCCCCCCC[C@H](NC(=O)[C@@H](O)CC(C)C)C(=O)O. The molecular formula is C16H31NO4. The van der Waals surface area contributed by atoms with E-state index in [1.807, 2.05) is 13.8 Å². The van der Waals surface area contributed by atoms with Gasteiger partial charge in [-0.2, -0.15) is 0 Å². The van der Waals surface area contributed by atoms with Crippen molar-refractivity contribution in [1.29, 1.82) is 0 Å². The third-order valence-corrected chi connectivity index (χ3v) is 3.46. The predicted molar refractivity (Wildman–Crippen MR) is 83.0 cm³/mol. The van der Waals surface area contributed by atoms with Crippen LogP contribution in [0.15, 0.2) is 0 Å². The summed E-state index contributed by atoms with van der Waals surface area (Å²) in [6, 6.07) is -0.898. The Balaban J connectivity index is 4.07. The molecule has 0 aliphatic carbocycles. The summed E-state index contributed by atoms with van der Waals surface area (Å²) < 4.78 is 0. The minimum atomic E-state index is -1.13. The Hall–Kier alpha value is -1.10. The van der Waals surface area contributed by atoms with Gasteiger partial charge < -0.3 is 15.5 Å². The number of carboxylic acids is 1. The molecule has 0 aromatic rings. The van der Waals surface area contributed by atoms with Crippen molar-refractivity contribution in [2.75, 3.05) is 0 Å². The van der Waals surface area contributed by atoms with Gasteiger partial charge in [0.15, 0.2) is 0 Å². The summed E-state index contributed by atoms with van der Waals surface area (Å²) in [5, 5.41) is 21.2. The first-order valence-corrected chi connectivity index (χ1v) is 8.09. The number of aliphatic carboxylic acids is 1. The zero-order chi connectivity index (χ0) is 16.3. The van der Waals surface area contributed by atoms with Crippen molar-refractivity contribution >= 4 is 11.9 Å². The number of carboxylic acid groups (broad SMARTS) is 1. The van der Waals surface area contributed by atoms with Crippen LogP contribution in [0.5, 0.6) is 0 Å². The zero-order valence-corrected chi connectivity index (χ0v) is 13.6. The van der Waals surface area contributed by atoms with Crippen LogP contribution in [0.25, 0.3) is 0 Å². The minimum Gasteiger partial charge on any atom is -0.480 e. The van der Waals surface area contributed by atoms with E-state index < -0.39 is 24.0 Å². The first-order valence-electron chi connectivity index (χ1n) is 8.09. The van der Waals surface area contributed by atoms with Crippen LogP contribution in [0.3, 0.4) is 0 Å². The molecule has 0 spiro atoms. The second-order valence-electron chi connectivity index (χ2n) is 6.10. The molecule has 0 rings (SSSR count). The number of hydrogen-bond donors (Lipinski definition) is 3. The quantitative estimate of drug-likeness (QED) is 0.484. The molecule has 2 atom stereocenters. The topological polar surface area (TPSA) is 86.6 Å². The number of aliphatic hydroxyl groups is 1. The van der Waals surface area contributed by atoms with Crippen molar-refractivity contribution in [2.45, 2.75) is 84.3 Å². The molecule has 124 valence electrons. The van der Waals surface area contributed by atoms with Crippen LogP contribution in [0, 0.1) is 5.92 Å². The van der Waals surface area contributed by atoms with Gasteiger partial charge in [0, 0.05) is 0 Å². The highest BCUT2D eigenvalue weighted by molar-refractivity contribution is 5.86. The van der Waals surface area contributed by atoms with Crippen LogP contribution in [0.1, 0.15) is 72.1 Å². The van der Waals surface area contributed by atoms with Gasteiger partial charge in [-0.15, -0.1) is 0 Å². The van der Waals surface area contributed by atoms with Gasteiger partial charge in [0.05, 0.1) is 0 Å². The molecule has 1 amide bonds. The molecule has 0 bridgehead atoms. The fraction of sp³-hybridized carbons (Fsp3) is 0.875. The average molecular weight is 301 g/mol. The van der Waals surface area contributed by atoms with Crippen LogP contribution in [-0.2, 0) is 9.59 Å². The zero-order valence-electron chi connectivity index (χ0n) is 13.6. The number of carbonyl (C=O) groups is 2.